The van der Waals surface area contributed by atoms with Crippen LogP contribution >= 0.6 is 0 Å². The van der Waals surface area contributed by atoms with Crippen molar-refractivity contribution in [2.45, 2.75) is 12.4 Å². The lowest BCUT2D eigenvalue weighted by molar-refractivity contribution is -0.142. The van der Waals surface area contributed by atoms with E-state index in [9.17, 15) is 26.3 Å². The number of aryl methyl sites for hydroxylation is 1. The van der Waals surface area contributed by atoms with Gasteiger partial charge in [0.15, 0.2) is 11.4 Å². The van der Waals surface area contributed by atoms with Crippen molar-refractivity contribution < 1.29 is 31.1 Å². The van der Waals surface area contributed by atoms with Crippen LogP contribution in [-0.4, -0.2) is 19.6 Å². The summed E-state index contributed by atoms with van der Waals surface area (Å²) in [4.78, 5) is 0. The van der Waals surface area contributed by atoms with Gasteiger partial charge in [0.25, 0.3) is 0 Å². The summed E-state index contributed by atoms with van der Waals surface area (Å²) in [5.41, 5.74) is -2.25. The topological polar surface area (TPSA) is 68.7 Å². The molecule has 0 radical (unpaired) electrons. The van der Waals surface area contributed by atoms with Crippen molar-refractivity contribution in [1.82, 2.24) is 19.6 Å². The van der Waals surface area contributed by atoms with Gasteiger partial charge in [-0.15, -0.1) is 0 Å². The first kappa shape index (κ1) is 19.3. The number of benzene rings is 1. The lowest BCUT2D eigenvalue weighted by Crippen LogP contribution is -2.07. The SMILES string of the molecule is Cn1nc(C(F)(F)F)cc1Oc1cc(C#N)cc(-n2ccc(C(F)(F)F)n2)c1. The highest BCUT2D eigenvalue weighted by Gasteiger charge is 2.35. The van der Waals surface area contributed by atoms with Crippen molar-refractivity contribution in [3.05, 3.63) is 53.5 Å². The second-order valence-electron chi connectivity index (χ2n) is 5.56. The van der Waals surface area contributed by atoms with Gasteiger partial charge in [0, 0.05) is 25.4 Å². The second kappa shape index (κ2) is 6.59. The molecule has 0 N–H and O–H groups in total. The highest BCUT2D eigenvalue weighted by molar-refractivity contribution is 5.48. The highest BCUT2D eigenvalue weighted by atomic mass is 19.4. The van der Waals surface area contributed by atoms with Crippen LogP contribution in [0.1, 0.15) is 17.0 Å². The summed E-state index contributed by atoms with van der Waals surface area (Å²) in [7, 11) is 1.22. The normalized spacial score (nSPS) is 12.1. The number of ether oxygens (including phenoxy) is 1. The predicted octanol–water partition coefficient (Wildman–Crippen LogP) is 4.31. The Balaban J connectivity index is 1.98. The van der Waals surface area contributed by atoms with Crippen molar-refractivity contribution in [2.24, 2.45) is 7.05 Å². The lowest BCUT2D eigenvalue weighted by atomic mass is 10.2. The van der Waals surface area contributed by atoms with Crippen molar-refractivity contribution in [2.75, 3.05) is 0 Å². The molecule has 0 unspecified atom stereocenters. The monoisotopic (exact) mass is 401 g/mol. The Kier molecular flexibility index (Phi) is 4.54. The highest BCUT2D eigenvalue weighted by Crippen LogP contribution is 2.33. The van der Waals surface area contributed by atoms with E-state index < -0.39 is 23.7 Å². The molecular formula is C16H9F6N5O. The maximum atomic E-state index is 12.7. The summed E-state index contributed by atoms with van der Waals surface area (Å²) in [6.07, 6.45) is -8.29. The molecule has 12 heteroatoms. The average Bonchev–Trinajstić information content (AvgIpc) is 3.22. The predicted molar refractivity (Wildman–Crippen MR) is 81.6 cm³/mol. The lowest BCUT2D eigenvalue weighted by Gasteiger charge is -2.09. The zero-order valence-electron chi connectivity index (χ0n) is 13.9. The molecule has 6 nitrogen and oxygen atoms in total. The third kappa shape index (κ3) is 3.93. The number of nitrogens with zero attached hydrogens (tertiary/aromatic N) is 5. The average molecular weight is 401 g/mol. The van der Waals surface area contributed by atoms with E-state index in [2.05, 4.69) is 10.2 Å². The first-order valence-corrected chi connectivity index (χ1v) is 7.45. The number of halogens is 6. The number of rotatable bonds is 3. The number of aromatic nitrogens is 4. The van der Waals surface area contributed by atoms with Crippen LogP contribution in [0, 0.1) is 11.3 Å². The van der Waals surface area contributed by atoms with E-state index >= 15 is 0 Å². The molecular weight excluding hydrogens is 392 g/mol. The molecule has 28 heavy (non-hydrogen) atoms. The van der Waals surface area contributed by atoms with E-state index in [1.165, 1.54) is 25.2 Å². The molecule has 0 aliphatic rings. The van der Waals surface area contributed by atoms with Gasteiger partial charge in [0.1, 0.15) is 5.75 Å². The smallest absolute Gasteiger partial charge is 0.435 e. The molecule has 0 aliphatic heterocycles. The minimum absolute atomic E-state index is 0.00905. The van der Waals surface area contributed by atoms with Crippen molar-refractivity contribution in [1.29, 1.82) is 5.26 Å². The molecule has 0 spiro atoms. The molecule has 2 heterocycles. The van der Waals surface area contributed by atoms with Gasteiger partial charge in [0.2, 0.25) is 5.88 Å². The van der Waals surface area contributed by atoms with Crippen LogP contribution < -0.4 is 4.74 Å². The van der Waals surface area contributed by atoms with Crippen LogP contribution in [0.25, 0.3) is 5.69 Å². The third-order valence-corrected chi connectivity index (χ3v) is 3.51. The van der Waals surface area contributed by atoms with Crippen LogP contribution in [-0.2, 0) is 19.4 Å². The summed E-state index contributed by atoms with van der Waals surface area (Å²) in [5, 5.41) is 15.8. The Labute approximate surface area is 153 Å². The van der Waals surface area contributed by atoms with Crippen molar-refractivity contribution in [3.63, 3.8) is 0 Å². The minimum atomic E-state index is -4.68. The molecule has 2 aromatic heterocycles. The first-order chi connectivity index (χ1) is 13.0. The van der Waals surface area contributed by atoms with Crippen molar-refractivity contribution in [3.8, 4) is 23.4 Å². The van der Waals surface area contributed by atoms with Gasteiger partial charge in [-0.25, -0.2) is 9.36 Å². The summed E-state index contributed by atoms with van der Waals surface area (Å²) in [6.45, 7) is 0. The standard InChI is InChI=1S/C16H9F6N5O/c1-26-14(7-13(24-26)16(20,21)22)28-11-5-9(8-23)4-10(6-11)27-3-2-12(25-27)15(17,18)19/h2-7H,1H3. The van der Waals surface area contributed by atoms with Gasteiger partial charge >= 0.3 is 12.4 Å². The molecule has 0 saturated carbocycles. The molecule has 1 aromatic carbocycles. The van der Waals surface area contributed by atoms with E-state index in [0.717, 1.165) is 21.6 Å². The molecule has 3 aromatic rings. The van der Waals surface area contributed by atoms with E-state index in [1.807, 2.05) is 0 Å². The molecule has 0 saturated heterocycles. The Morgan fingerprint density at radius 3 is 2.18 bits per heavy atom. The summed E-state index contributed by atoms with van der Waals surface area (Å²) < 4.78 is 83.5. The van der Waals surface area contributed by atoms with Gasteiger partial charge in [-0.05, 0) is 18.2 Å². The van der Waals surface area contributed by atoms with Crippen LogP contribution in [0.3, 0.4) is 0 Å². The molecule has 0 fully saturated rings. The molecule has 0 atom stereocenters. The fourth-order valence-corrected chi connectivity index (χ4v) is 2.26. The summed E-state index contributed by atoms with van der Waals surface area (Å²) in [6, 6.07) is 6.91. The fourth-order valence-electron chi connectivity index (χ4n) is 2.26. The van der Waals surface area contributed by atoms with Crippen LogP contribution in [0.5, 0.6) is 11.6 Å². The number of hydrogen-bond donors (Lipinski definition) is 0. The number of hydrogen-bond acceptors (Lipinski definition) is 4. The molecule has 0 aliphatic carbocycles. The van der Waals surface area contributed by atoms with E-state index in [4.69, 9.17) is 10.00 Å². The van der Waals surface area contributed by atoms with E-state index in [1.54, 1.807) is 6.07 Å². The van der Waals surface area contributed by atoms with Crippen LogP contribution in [0.4, 0.5) is 26.3 Å². The molecule has 0 amide bonds. The number of nitriles is 1. The van der Waals surface area contributed by atoms with Crippen molar-refractivity contribution >= 4 is 0 Å². The van der Waals surface area contributed by atoms with E-state index in [0.29, 0.717) is 6.07 Å². The van der Waals surface area contributed by atoms with Gasteiger partial charge in [-0.3, -0.25) is 0 Å². The van der Waals surface area contributed by atoms with E-state index in [-0.39, 0.29) is 22.9 Å². The summed E-state index contributed by atoms with van der Waals surface area (Å²) >= 11 is 0. The maximum Gasteiger partial charge on any atom is 0.435 e. The first-order valence-electron chi connectivity index (χ1n) is 7.45. The minimum Gasteiger partial charge on any atom is -0.439 e. The van der Waals surface area contributed by atoms with Crippen LogP contribution in [0.15, 0.2) is 36.5 Å². The maximum absolute atomic E-state index is 12.7. The molecule has 0 bridgehead atoms. The zero-order chi connectivity index (χ0) is 20.7. The van der Waals surface area contributed by atoms with Gasteiger partial charge in [-0.1, -0.05) is 0 Å². The molecule has 146 valence electrons. The Hall–Kier alpha value is -3.49. The third-order valence-electron chi connectivity index (χ3n) is 3.51. The zero-order valence-corrected chi connectivity index (χ0v) is 13.9. The van der Waals surface area contributed by atoms with Crippen LogP contribution in [0.2, 0.25) is 0 Å². The van der Waals surface area contributed by atoms with Gasteiger partial charge < -0.3 is 4.74 Å². The largest absolute Gasteiger partial charge is 0.439 e. The number of alkyl halides is 6. The summed E-state index contributed by atoms with van der Waals surface area (Å²) in [5.74, 6) is -0.348. The Morgan fingerprint density at radius 2 is 1.64 bits per heavy atom. The van der Waals surface area contributed by atoms with Gasteiger partial charge in [0.05, 0.1) is 17.3 Å². The Bertz CT molecular complexity index is 1060. The quantitative estimate of drug-likeness (QED) is 0.614. The Morgan fingerprint density at radius 1 is 0.964 bits per heavy atom. The fraction of sp³-hybridized carbons (Fsp3) is 0.188. The second-order valence-corrected chi connectivity index (χ2v) is 5.56. The van der Waals surface area contributed by atoms with Gasteiger partial charge in [-0.2, -0.15) is 41.8 Å². The molecule has 3 rings (SSSR count).